The third-order valence-electron chi connectivity index (χ3n) is 12.2. The van der Waals surface area contributed by atoms with Gasteiger partial charge >= 0.3 is 0 Å². The number of hydrogen-bond donors (Lipinski definition) is 0. The molecule has 2 heterocycles. The lowest BCUT2D eigenvalue weighted by Crippen LogP contribution is -2.10. The van der Waals surface area contributed by atoms with Crippen molar-refractivity contribution in [1.82, 2.24) is 0 Å². The zero-order valence-electron chi connectivity index (χ0n) is 32.9. The van der Waals surface area contributed by atoms with Crippen molar-refractivity contribution in [1.29, 1.82) is 0 Å². The van der Waals surface area contributed by atoms with Crippen LogP contribution in [-0.4, -0.2) is 0 Å². The third kappa shape index (κ3) is 6.00. The van der Waals surface area contributed by atoms with Crippen LogP contribution in [0.5, 0.6) is 0 Å². The fourth-order valence-corrected chi connectivity index (χ4v) is 10.8. The van der Waals surface area contributed by atoms with Crippen LogP contribution in [-0.2, 0) is 0 Å². The Morgan fingerprint density at radius 3 is 1.89 bits per heavy atom. The molecule has 12 aromatic rings. The molecule has 1 atom stereocenters. The molecule has 0 aliphatic carbocycles. The van der Waals surface area contributed by atoms with Crippen LogP contribution in [0.1, 0.15) is 22.6 Å². The van der Waals surface area contributed by atoms with Crippen LogP contribution in [0, 0.1) is 0 Å². The molecule has 0 N–H and O–H groups in total. The second-order valence-corrected chi connectivity index (χ2v) is 17.2. The van der Waals surface area contributed by atoms with E-state index < -0.39 is 0 Å². The zero-order valence-corrected chi connectivity index (χ0v) is 34.5. The van der Waals surface area contributed by atoms with Crippen molar-refractivity contribution in [3.63, 3.8) is 0 Å². The Kier molecular flexibility index (Phi) is 8.51. The quantitative estimate of drug-likeness (QED) is 0.149. The Morgan fingerprint density at radius 2 is 1.11 bits per heavy atom. The Morgan fingerprint density at radius 1 is 0.459 bits per heavy atom. The standard InChI is InChI=1S/C57H36ClNOS/c58-41-30-28-37(29-31-41)40-33-51(59(42-16-3-1-4-17-42)43-18-5-2-6-19-43)55-50-35-49(44-20-9-10-22-46(44)56(50)60-52(55)34-40)54(39-27-26-36-14-7-8-15-38(36)32-39)48-24-13-23-47-45-21-11-12-25-53(45)61-57(47)48/h1-35,54H. The molecule has 12 rings (SSSR count). The largest absolute Gasteiger partial charge is 0.455 e. The van der Waals surface area contributed by atoms with E-state index in [1.807, 2.05) is 23.5 Å². The average molecular weight is 818 g/mol. The van der Waals surface area contributed by atoms with E-state index in [4.69, 9.17) is 16.0 Å². The van der Waals surface area contributed by atoms with Gasteiger partial charge in [0.05, 0.1) is 11.1 Å². The lowest BCUT2D eigenvalue weighted by molar-refractivity contribution is 0.672. The monoisotopic (exact) mass is 817 g/mol. The van der Waals surface area contributed by atoms with E-state index in [9.17, 15) is 0 Å². The van der Waals surface area contributed by atoms with Gasteiger partial charge in [0.15, 0.2) is 0 Å². The van der Waals surface area contributed by atoms with Crippen molar-refractivity contribution < 1.29 is 4.42 Å². The number of halogens is 1. The van der Waals surface area contributed by atoms with Gasteiger partial charge in [-0.25, -0.2) is 0 Å². The maximum atomic E-state index is 7.18. The Bertz CT molecular complexity index is 3570. The fourth-order valence-electron chi connectivity index (χ4n) is 9.45. The van der Waals surface area contributed by atoms with Gasteiger partial charge in [-0.1, -0.05) is 163 Å². The van der Waals surface area contributed by atoms with E-state index in [1.54, 1.807) is 0 Å². The van der Waals surface area contributed by atoms with Gasteiger partial charge in [0.25, 0.3) is 0 Å². The molecule has 2 nitrogen and oxygen atoms in total. The predicted molar refractivity (Wildman–Crippen MR) is 261 cm³/mol. The summed E-state index contributed by atoms with van der Waals surface area (Å²) in [7, 11) is 0. The van der Waals surface area contributed by atoms with Crippen molar-refractivity contribution >= 4 is 104 Å². The van der Waals surface area contributed by atoms with Gasteiger partial charge < -0.3 is 9.32 Å². The molecular weight excluding hydrogens is 782 g/mol. The SMILES string of the molecule is Clc1ccc(-c2cc(N(c3ccccc3)c3ccccc3)c3c(c2)oc2c4ccccc4c(C(c4ccc5ccccc5c4)c4cccc5c4sc4ccccc45)cc23)cc1. The lowest BCUT2D eigenvalue weighted by atomic mass is 9.81. The molecule has 0 bridgehead atoms. The molecule has 61 heavy (non-hydrogen) atoms. The fraction of sp³-hybridized carbons (Fsp3) is 0.0175. The van der Waals surface area contributed by atoms with Gasteiger partial charge in [-0.2, -0.15) is 0 Å². The summed E-state index contributed by atoms with van der Waals surface area (Å²) in [5.74, 6) is -0.0863. The van der Waals surface area contributed by atoms with Gasteiger partial charge in [0, 0.05) is 53.3 Å². The van der Waals surface area contributed by atoms with Gasteiger partial charge in [-0.3, -0.25) is 0 Å². The smallest absolute Gasteiger partial charge is 0.143 e. The summed E-state index contributed by atoms with van der Waals surface area (Å²) in [4.78, 5) is 2.37. The molecule has 0 aliphatic heterocycles. The molecular formula is C57H36ClNOS. The molecule has 0 fully saturated rings. The lowest BCUT2D eigenvalue weighted by Gasteiger charge is -2.27. The molecule has 0 radical (unpaired) electrons. The Balaban J connectivity index is 1.21. The summed E-state index contributed by atoms with van der Waals surface area (Å²) >= 11 is 8.32. The highest BCUT2D eigenvalue weighted by molar-refractivity contribution is 7.26. The predicted octanol–water partition coefficient (Wildman–Crippen LogP) is 17.2. The van der Waals surface area contributed by atoms with E-state index in [-0.39, 0.29) is 5.92 Å². The van der Waals surface area contributed by atoms with Gasteiger partial charge in [-0.05, 0) is 105 Å². The average Bonchev–Trinajstić information content (AvgIpc) is 3.89. The summed E-state index contributed by atoms with van der Waals surface area (Å²) in [5, 5.41) is 10.2. The molecule has 0 saturated heterocycles. The van der Waals surface area contributed by atoms with Crippen LogP contribution >= 0.6 is 22.9 Å². The highest BCUT2D eigenvalue weighted by Gasteiger charge is 2.28. The second kappa shape index (κ2) is 14.5. The number of fused-ring (bicyclic) bond motifs is 9. The Labute approximate surface area is 362 Å². The molecule has 1 unspecified atom stereocenters. The number of hydrogen-bond acceptors (Lipinski definition) is 3. The normalized spacial score (nSPS) is 12.3. The van der Waals surface area contributed by atoms with Crippen molar-refractivity contribution in [2.75, 3.05) is 4.90 Å². The van der Waals surface area contributed by atoms with Crippen LogP contribution < -0.4 is 4.90 Å². The van der Waals surface area contributed by atoms with E-state index in [0.717, 1.165) is 55.5 Å². The third-order valence-corrected chi connectivity index (χ3v) is 13.7. The zero-order chi connectivity index (χ0) is 40.4. The van der Waals surface area contributed by atoms with Crippen molar-refractivity contribution in [2.24, 2.45) is 0 Å². The van der Waals surface area contributed by atoms with Gasteiger partial charge in [0.1, 0.15) is 11.2 Å². The summed E-state index contributed by atoms with van der Waals surface area (Å²) in [6, 6.07) is 76.5. The molecule has 2 aromatic heterocycles. The maximum Gasteiger partial charge on any atom is 0.143 e. The second-order valence-electron chi connectivity index (χ2n) is 15.7. The highest BCUT2D eigenvalue weighted by Crippen LogP contribution is 2.50. The minimum Gasteiger partial charge on any atom is -0.455 e. The minimum atomic E-state index is -0.0863. The number of benzene rings is 10. The number of nitrogens with zero attached hydrogens (tertiary/aromatic N) is 1. The molecule has 0 spiro atoms. The van der Waals surface area contributed by atoms with E-state index in [2.05, 4.69) is 205 Å². The first-order chi connectivity index (χ1) is 30.2. The summed E-state index contributed by atoms with van der Waals surface area (Å²) in [6.45, 7) is 0. The molecule has 10 aromatic carbocycles. The molecule has 4 heteroatoms. The van der Waals surface area contributed by atoms with Crippen LogP contribution in [0.3, 0.4) is 0 Å². The van der Waals surface area contributed by atoms with Crippen LogP contribution in [0.25, 0.3) is 74.8 Å². The van der Waals surface area contributed by atoms with Crippen LogP contribution in [0.15, 0.2) is 217 Å². The van der Waals surface area contributed by atoms with Crippen molar-refractivity contribution in [3.05, 3.63) is 234 Å². The summed E-state index contributed by atoms with van der Waals surface area (Å²) < 4.78 is 9.79. The van der Waals surface area contributed by atoms with Crippen LogP contribution in [0.4, 0.5) is 17.1 Å². The topological polar surface area (TPSA) is 16.4 Å². The first-order valence-corrected chi connectivity index (χ1v) is 21.8. The summed E-state index contributed by atoms with van der Waals surface area (Å²) in [6.07, 6.45) is 0. The number of para-hydroxylation sites is 2. The number of furan rings is 1. The molecule has 0 aliphatic rings. The maximum absolute atomic E-state index is 7.18. The number of rotatable bonds is 7. The Hall–Kier alpha value is -7.17. The minimum absolute atomic E-state index is 0.0863. The highest BCUT2D eigenvalue weighted by atomic mass is 35.5. The van der Waals surface area contributed by atoms with Crippen molar-refractivity contribution in [2.45, 2.75) is 5.92 Å². The van der Waals surface area contributed by atoms with E-state index in [1.165, 1.54) is 53.0 Å². The van der Waals surface area contributed by atoms with Crippen molar-refractivity contribution in [3.8, 4) is 11.1 Å². The first-order valence-electron chi connectivity index (χ1n) is 20.6. The number of thiophene rings is 1. The van der Waals surface area contributed by atoms with E-state index in [0.29, 0.717) is 5.02 Å². The van der Waals surface area contributed by atoms with Gasteiger partial charge in [0.2, 0.25) is 0 Å². The van der Waals surface area contributed by atoms with E-state index >= 15 is 0 Å². The van der Waals surface area contributed by atoms with Crippen LogP contribution in [0.2, 0.25) is 5.02 Å². The molecule has 0 amide bonds. The van der Waals surface area contributed by atoms with Gasteiger partial charge in [-0.15, -0.1) is 11.3 Å². The molecule has 288 valence electrons. The molecule has 0 saturated carbocycles. The number of anilines is 3. The summed E-state index contributed by atoms with van der Waals surface area (Å²) in [5.41, 5.74) is 10.8. The first kappa shape index (κ1) is 35.7.